The van der Waals surface area contributed by atoms with Crippen LogP contribution < -0.4 is 0 Å². The molecule has 0 bridgehead atoms. The lowest BCUT2D eigenvalue weighted by molar-refractivity contribution is 0.642. The van der Waals surface area contributed by atoms with Gasteiger partial charge in [-0.15, -0.1) is 11.3 Å². The summed E-state index contributed by atoms with van der Waals surface area (Å²) in [5, 5.41) is 5.16. The van der Waals surface area contributed by atoms with Gasteiger partial charge in [-0.25, -0.2) is 0 Å². The van der Waals surface area contributed by atoms with Crippen molar-refractivity contribution in [2.24, 2.45) is 0 Å². The molecule has 1 nitrogen and oxygen atoms in total. The van der Waals surface area contributed by atoms with E-state index < -0.39 is 0 Å². The van der Waals surface area contributed by atoms with E-state index in [4.69, 9.17) is 0 Å². The maximum Gasteiger partial charge on any atom is 0.0541 e. The summed E-state index contributed by atoms with van der Waals surface area (Å²) >= 11 is 1.88. The van der Waals surface area contributed by atoms with Gasteiger partial charge in [-0.2, -0.15) is 0 Å². The van der Waals surface area contributed by atoms with Crippen LogP contribution in [-0.4, -0.2) is 4.57 Å². The molecule has 2 heteroatoms. The monoisotopic (exact) mass is 999 g/mol. The van der Waals surface area contributed by atoms with Crippen molar-refractivity contribution in [1.82, 2.24) is 4.57 Å². The predicted molar refractivity (Wildman–Crippen MR) is 330 cm³/mol. The lowest BCUT2D eigenvalue weighted by atomic mass is 9.77. The molecule has 0 radical (unpaired) electrons. The summed E-state index contributed by atoms with van der Waals surface area (Å²) in [6, 6.07) is 105. The first-order valence-corrected chi connectivity index (χ1v) is 27.4. The highest BCUT2D eigenvalue weighted by Crippen LogP contribution is 2.43. The average molecular weight is 1000 g/mol. The van der Waals surface area contributed by atoms with E-state index in [9.17, 15) is 0 Å². The minimum Gasteiger partial charge on any atom is -0.309 e. The lowest BCUT2D eigenvalue weighted by Gasteiger charge is -2.26. The van der Waals surface area contributed by atoms with Crippen molar-refractivity contribution in [2.75, 3.05) is 0 Å². The van der Waals surface area contributed by atoms with Crippen LogP contribution in [0.2, 0.25) is 0 Å². The van der Waals surface area contributed by atoms with Crippen LogP contribution in [0.15, 0.2) is 285 Å². The van der Waals surface area contributed by atoms with Gasteiger partial charge in [-0.1, -0.05) is 244 Å². The van der Waals surface area contributed by atoms with Crippen molar-refractivity contribution >= 4 is 53.3 Å². The smallest absolute Gasteiger partial charge is 0.0541 e. The first-order chi connectivity index (χ1) is 37.9. The second-order valence-electron chi connectivity index (χ2n) is 20.8. The Balaban J connectivity index is 0.688. The van der Waals surface area contributed by atoms with Crippen LogP contribution in [0, 0.1) is 0 Å². The van der Waals surface area contributed by atoms with Crippen molar-refractivity contribution in [3.05, 3.63) is 296 Å². The quantitative estimate of drug-likeness (QED) is 0.129. The first-order valence-electron chi connectivity index (χ1n) is 26.6. The van der Waals surface area contributed by atoms with Crippen molar-refractivity contribution in [1.29, 1.82) is 0 Å². The number of thiophene rings is 1. The number of hydrogen-bond donors (Lipinski definition) is 0. The molecule has 0 fully saturated rings. The summed E-state index contributed by atoms with van der Waals surface area (Å²) in [4.78, 5) is 0. The SMILES string of the molecule is CC(C)(c1ccc(-c2ccc(-c3ccc(-c4ccccc4-c4ccccc4-c4ccccc4)cc3)cc2)cc1)c1ccc2sc3ccc(-c4ccc(-c5ccc6c(c5)c5ccccc5n6-c5ccccc5)cc4)cc3c2c1. The third-order valence-electron chi connectivity index (χ3n) is 16.0. The maximum absolute atomic E-state index is 2.44. The predicted octanol–water partition coefficient (Wildman–Crippen LogP) is 21.1. The van der Waals surface area contributed by atoms with Crippen LogP contribution in [0.25, 0.3) is 126 Å². The Labute approximate surface area is 454 Å². The molecule has 0 aliphatic carbocycles. The van der Waals surface area contributed by atoms with Gasteiger partial charge >= 0.3 is 0 Å². The molecule has 77 heavy (non-hydrogen) atoms. The number of rotatable bonds is 10. The topological polar surface area (TPSA) is 4.93 Å². The molecule has 14 aromatic rings. The fourth-order valence-electron chi connectivity index (χ4n) is 11.7. The van der Waals surface area contributed by atoms with Gasteiger partial charge in [0.25, 0.3) is 0 Å². The summed E-state index contributed by atoms with van der Waals surface area (Å²) in [5.41, 5.74) is 23.1. The van der Waals surface area contributed by atoms with Crippen molar-refractivity contribution in [3.8, 4) is 83.6 Å². The van der Waals surface area contributed by atoms with E-state index in [2.05, 4.69) is 304 Å². The molecule has 0 atom stereocenters. The minimum absolute atomic E-state index is 0.199. The minimum atomic E-state index is -0.199. The van der Waals surface area contributed by atoms with Gasteiger partial charge in [0.1, 0.15) is 0 Å². The van der Waals surface area contributed by atoms with Gasteiger partial charge in [0, 0.05) is 42.0 Å². The molecule has 2 heterocycles. The molecule has 12 aromatic carbocycles. The highest BCUT2D eigenvalue weighted by Gasteiger charge is 2.25. The van der Waals surface area contributed by atoms with Crippen LogP contribution in [0.5, 0.6) is 0 Å². The van der Waals surface area contributed by atoms with Gasteiger partial charge in [-0.3, -0.25) is 0 Å². The van der Waals surface area contributed by atoms with E-state index in [0.717, 1.165) is 0 Å². The van der Waals surface area contributed by atoms with Crippen LogP contribution in [0.1, 0.15) is 25.0 Å². The number of nitrogens with zero attached hydrogens (tertiary/aromatic N) is 1. The zero-order valence-corrected chi connectivity index (χ0v) is 43.8. The summed E-state index contributed by atoms with van der Waals surface area (Å²) in [6.07, 6.45) is 0. The lowest BCUT2D eigenvalue weighted by Crippen LogP contribution is -2.18. The van der Waals surface area contributed by atoms with Gasteiger partial charge in [0.2, 0.25) is 0 Å². The molecule has 364 valence electrons. The summed E-state index contributed by atoms with van der Waals surface area (Å²) in [7, 11) is 0. The molecule has 0 aliphatic heterocycles. The second kappa shape index (κ2) is 19.1. The van der Waals surface area contributed by atoms with Gasteiger partial charge in [0.05, 0.1) is 11.0 Å². The van der Waals surface area contributed by atoms with Gasteiger partial charge < -0.3 is 4.57 Å². The zero-order chi connectivity index (χ0) is 51.5. The third kappa shape index (κ3) is 8.35. The van der Waals surface area contributed by atoms with E-state index in [1.807, 2.05) is 11.3 Å². The Morgan fingerprint density at radius 1 is 0.260 bits per heavy atom. The van der Waals surface area contributed by atoms with Crippen molar-refractivity contribution in [3.63, 3.8) is 0 Å². The van der Waals surface area contributed by atoms with Crippen molar-refractivity contribution < 1.29 is 0 Å². The zero-order valence-electron chi connectivity index (χ0n) is 43.0. The Morgan fingerprint density at radius 3 is 1.22 bits per heavy atom. The number of hydrogen-bond acceptors (Lipinski definition) is 1. The molecular formula is C75H53NS. The summed E-state index contributed by atoms with van der Waals surface area (Å²) in [6.45, 7) is 4.71. The Kier molecular flexibility index (Phi) is 11.5. The number of fused-ring (bicyclic) bond motifs is 6. The highest BCUT2D eigenvalue weighted by atomic mass is 32.1. The fraction of sp³-hybridized carbons (Fsp3) is 0.0400. The molecule has 0 spiro atoms. The number of para-hydroxylation sites is 2. The van der Waals surface area contributed by atoms with Crippen LogP contribution in [0.3, 0.4) is 0 Å². The van der Waals surface area contributed by atoms with Crippen LogP contribution in [-0.2, 0) is 5.41 Å². The molecule has 0 saturated carbocycles. The Bertz CT molecular complexity index is 4460. The Hall–Kier alpha value is -9.34. The normalized spacial score (nSPS) is 11.8. The van der Waals surface area contributed by atoms with Gasteiger partial charge in [-0.05, 0) is 144 Å². The molecule has 0 N–H and O–H groups in total. The van der Waals surface area contributed by atoms with Crippen LogP contribution in [0.4, 0.5) is 0 Å². The number of aromatic nitrogens is 1. The number of benzene rings is 12. The molecule has 0 aliphatic rings. The summed E-state index contributed by atoms with van der Waals surface area (Å²) in [5.74, 6) is 0. The molecule has 2 aromatic heterocycles. The van der Waals surface area contributed by atoms with Gasteiger partial charge in [0.15, 0.2) is 0 Å². The van der Waals surface area contributed by atoms with E-state index >= 15 is 0 Å². The average Bonchev–Trinajstić information content (AvgIpc) is 4.14. The summed E-state index contributed by atoms with van der Waals surface area (Å²) < 4.78 is 5.00. The molecule has 0 amide bonds. The molecular weight excluding hydrogens is 947 g/mol. The standard InChI is InChI=1S/C75H53NS/c1-75(2,60-41-37-53(38-42-60)51-27-25-50(26-28-51)52-33-35-57(36-34-52)64-20-10-12-22-66(64)65-21-11-9-19-63(65)56-15-5-3-6-16-56)61-43-46-74-70(49-61)69-48-59(40-45-73(69)77-74)55-31-29-54(30-32-55)58-39-44-72-68(47-58)67-23-13-14-24-71(67)76(72)62-17-7-4-8-18-62/h3-49H,1-2H3. The molecule has 0 unspecified atom stereocenters. The molecule has 0 saturated heterocycles. The molecule has 14 rings (SSSR count). The van der Waals surface area contributed by atoms with Crippen molar-refractivity contribution in [2.45, 2.75) is 19.3 Å². The van der Waals surface area contributed by atoms with E-state index in [0.29, 0.717) is 0 Å². The van der Waals surface area contributed by atoms with Crippen LogP contribution >= 0.6 is 11.3 Å². The fourth-order valence-corrected chi connectivity index (χ4v) is 12.8. The largest absolute Gasteiger partial charge is 0.309 e. The third-order valence-corrected chi connectivity index (χ3v) is 17.2. The second-order valence-corrected chi connectivity index (χ2v) is 21.9. The van der Waals surface area contributed by atoms with E-state index in [1.54, 1.807) is 0 Å². The van der Waals surface area contributed by atoms with E-state index in [-0.39, 0.29) is 5.41 Å². The maximum atomic E-state index is 2.44. The Morgan fingerprint density at radius 2 is 0.636 bits per heavy atom. The highest BCUT2D eigenvalue weighted by molar-refractivity contribution is 7.25. The first kappa shape index (κ1) is 46.2. The van der Waals surface area contributed by atoms with E-state index in [1.165, 1.54) is 137 Å².